The molecule has 0 heterocycles. The first-order chi connectivity index (χ1) is 10.7. The molecule has 0 amide bonds. The van der Waals surface area contributed by atoms with E-state index in [1.54, 1.807) is 30.3 Å². The lowest BCUT2D eigenvalue weighted by molar-refractivity contribution is -0.180. The standard InChI is InChI=1S/C17H18O6/c1-11(18)17(12(2)19,10-13-6-4-3-5-7-13)23-15(22)16(8-9-16)14(20)21/h3-7H,8-10H2,1-2H3,(H,20,21). The summed E-state index contributed by atoms with van der Waals surface area (Å²) in [5.74, 6) is -3.55. The van der Waals surface area contributed by atoms with Gasteiger partial charge in [-0.25, -0.2) is 0 Å². The molecule has 1 fully saturated rings. The fourth-order valence-corrected chi connectivity index (χ4v) is 2.45. The summed E-state index contributed by atoms with van der Waals surface area (Å²) >= 11 is 0. The molecule has 6 nitrogen and oxygen atoms in total. The molecule has 0 bridgehead atoms. The Kier molecular flexibility index (Phi) is 4.36. The summed E-state index contributed by atoms with van der Waals surface area (Å²) < 4.78 is 5.23. The Morgan fingerprint density at radius 3 is 2.00 bits per heavy atom. The Hall–Kier alpha value is -2.50. The van der Waals surface area contributed by atoms with Crippen LogP contribution in [0.1, 0.15) is 32.3 Å². The van der Waals surface area contributed by atoms with E-state index < -0.39 is 34.5 Å². The molecule has 0 saturated heterocycles. The van der Waals surface area contributed by atoms with Gasteiger partial charge in [0.25, 0.3) is 0 Å². The fourth-order valence-electron chi connectivity index (χ4n) is 2.45. The number of Topliss-reactive ketones (excluding diaryl/α,β-unsaturated/α-hetero) is 2. The molecule has 1 aliphatic rings. The largest absolute Gasteiger partial charge is 0.480 e. The van der Waals surface area contributed by atoms with Crippen molar-refractivity contribution in [1.82, 2.24) is 0 Å². The van der Waals surface area contributed by atoms with Crippen molar-refractivity contribution in [3.63, 3.8) is 0 Å². The van der Waals surface area contributed by atoms with Crippen LogP contribution in [-0.4, -0.2) is 34.2 Å². The molecular weight excluding hydrogens is 300 g/mol. The summed E-state index contributed by atoms with van der Waals surface area (Å²) in [6.45, 7) is 2.33. The van der Waals surface area contributed by atoms with Gasteiger partial charge in [0, 0.05) is 6.42 Å². The lowest BCUT2D eigenvalue weighted by atomic mass is 9.86. The first-order valence-corrected chi connectivity index (χ1v) is 7.27. The number of ether oxygens (including phenoxy) is 1. The van der Waals surface area contributed by atoms with Gasteiger partial charge in [-0.05, 0) is 32.3 Å². The zero-order chi connectivity index (χ0) is 17.3. The first kappa shape index (κ1) is 16.9. The van der Waals surface area contributed by atoms with Gasteiger partial charge < -0.3 is 9.84 Å². The maximum Gasteiger partial charge on any atom is 0.324 e. The average molecular weight is 318 g/mol. The molecule has 1 saturated carbocycles. The highest BCUT2D eigenvalue weighted by molar-refractivity contribution is 6.12. The fraction of sp³-hybridized carbons (Fsp3) is 0.412. The van der Waals surface area contributed by atoms with E-state index in [-0.39, 0.29) is 19.3 Å². The second kappa shape index (κ2) is 5.95. The lowest BCUT2D eigenvalue weighted by Gasteiger charge is -2.30. The van der Waals surface area contributed by atoms with Crippen molar-refractivity contribution in [3.8, 4) is 0 Å². The van der Waals surface area contributed by atoms with Crippen LogP contribution in [0.4, 0.5) is 0 Å². The molecule has 2 rings (SSSR count). The van der Waals surface area contributed by atoms with Crippen LogP contribution in [0.5, 0.6) is 0 Å². The van der Waals surface area contributed by atoms with Crippen molar-refractivity contribution < 1.29 is 29.0 Å². The summed E-state index contributed by atoms with van der Waals surface area (Å²) in [5.41, 5.74) is -2.96. The Bertz CT molecular complexity index is 643. The highest BCUT2D eigenvalue weighted by atomic mass is 16.6. The Morgan fingerprint density at radius 1 is 1.09 bits per heavy atom. The minimum absolute atomic E-state index is 0.111. The lowest BCUT2D eigenvalue weighted by Crippen LogP contribution is -2.52. The molecule has 0 radical (unpaired) electrons. The molecule has 0 unspecified atom stereocenters. The van der Waals surface area contributed by atoms with E-state index in [2.05, 4.69) is 0 Å². The highest BCUT2D eigenvalue weighted by Gasteiger charge is 2.61. The Morgan fingerprint density at radius 2 is 1.61 bits per heavy atom. The molecule has 0 atom stereocenters. The normalized spacial score (nSPS) is 15.6. The smallest absolute Gasteiger partial charge is 0.324 e. The van der Waals surface area contributed by atoms with Crippen molar-refractivity contribution >= 4 is 23.5 Å². The zero-order valence-corrected chi connectivity index (χ0v) is 13.0. The second-order valence-electron chi connectivity index (χ2n) is 5.88. The monoisotopic (exact) mass is 318 g/mol. The topological polar surface area (TPSA) is 97.7 Å². The molecule has 0 aromatic heterocycles. The number of esters is 1. The van der Waals surface area contributed by atoms with Crippen LogP contribution in [0, 0.1) is 5.41 Å². The SMILES string of the molecule is CC(=O)C(Cc1ccccc1)(OC(=O)C1(C(=O)O)CC1)C(C)=O. The number of hydrogen-bond acceptors (Lipinski definition) is 5. The third kappa shape index (κ3) is 3.02. The van der Waals surface area contributed by atoms with E-state index in [1.807, 2.05) is 0 Å². The summed E-state index contributed by atoms with van der Waals surface area (Å²) in [5, 5.41) is 9.17. The number of rotatable bonds is 7. The van der Waals surface area contributed by atoms with E-state index in [0.717, 1.165) is 13.8 Å². The third-order valence-electron chi connectivity index (χ3n) is 4.25. The average Bonchev–Trinajstić information content (AvgIpc) is 3.28. The first-order valence-electron chi connectivity index (χ1n) is 7.27. The minimum Gasteiger partial charge on any atom is -0.480 e. The molecule has 0 aliphatic heterocycles. The number of aliphatic carboxylic acids is 1. The minimum atomic E-state index is -1.98. The molecule has 1 N–H and O–H groups in total. The van der Waals surface area contributed by atoms with Gasteiger partial charge in [0.05, 0.1) is 0 Å². The van der Waals surface area contributed by atoms with Crippen molar-refractivity contribution in [2.75, 3.05) is 0 Å². The van der Waals surface area contributed by atoms with Gasteiger partial charge in [-0.15, -0.1) is 0 Å². The van der Waals surface area contributed by atoms with Crippen molar-refractivity contribution in [1.29, 1.82) is 0 Å². The van der Waals surface area contributed by atoms with E-state index in [1.165, 1.54) is 0 Å². The summed E-state index contributed by atoms with van der Waals surface area (Å²) in [7, 11) is 0. The number of carboxylic acid groups (broad SMARTS) is 1. The van der Waals surface area contributed by atoms with Crippen LogP contribution in [0.3, 0.4) is 0 Å². The zero-order valence-electron chi connectivity index (χ0n) is 13.0. The molecule has 1 aromatic rings. The van der Waals surface area contributed by atoms with Crippen LogP contribution in [0.2, 0.25) is 0 Å². The van der Waals surface area contributed by atoms with Crippen molar-refractivity contribution in [2.24, 2.45) is 5.41 Å². The predicted octanol–water partition coefficient (Wildman–Crippen LogP) is 1.55. The van der Waals surface area contributed by atoms with E-state index >= 15 is 0 Å². The molecule has 6 heteroatoms. The Labute approximate surface area is 133 Å². The third-order valence-corrected chi connectivity index (χ3v) is 4.25. The number of benzene rings is 1. The van der Waals surface area contributed by atoms with Crippen LogP contribution in [-0.2, 0) is 30.3 Å². The van der Waals surface area contributed by atoms with E-state index in [9.17, 15) is 19.2 Å². The summed E-state index contributed by atoms with van der Waals surface area (Å²) in [6.07, 6.45) is 0.191. The van der Waals surface area contributed by atoms with Gasteiger partial charge in [0.1, 0.15) is 0 Å². The Balaban J connectivity index is 2.34. The molecule has 122 valence electrons. The maximum atomic E-state index is 12.3. The predicted molar refractivity (Wildman–Crippen MR) is 79.6 cm³/mol. The summed E-state index contributed by atoms with van der Waals surface area (Å²) in [6, 6.07) is 8.67. The van der Waals surface area contributed by atoms with Crippen LogP contribution < -0.4 is 0 Å². The highest BCUT2D eigenvalue weighted by Crippen LogP contribution is 2.48. The summed E-state index contributed by atoms with van der Waals surface area (Å²) in [4.78, 5) is 47.8. The van der Waals surface area contributed by atoms with Crippen LogP contribution in [0.15, 0.2) is 30.3 Å². The van der Waals surface area contributed by atoms with Gasteiger partial charge in [-0.3, -0.25) is 19.2 Å². The molecule has 1 aromatic carbocycles. The molecule has 1 aliphatic carbocycles. The van der Waals surface area contributed by atoms with Crippen molar-refractivity contribution in [2.45, 2.75) is 38.7 Å². The van der Waals surface area contributed by atoms with E-state index in [4.69, 9.17) is 9.84 Å². The number of carbonyl (C=O) groups excluding carboxylic acids is 3. The van der Waals surface area contributed by atoms with Gasteiger partial charge in [-0.1, -0.05) is 30.3 Å². The van der Waals surface area contributed by atoms with Gasteiger partial charge in [-0.2, -0.15) is 0 Å². The quantitative estimate of drug-likeness (QED) is 0.605. The van der Waals surface area contributed by atoms with Gasteiger partial charge in [0.2, 0.25) is 5.60 Å². The van der Waals surface area contributed by atoms with Crippen LogP contribution in [0.25, 0.3) is 0 Å². The number of carbonyl (C=O) groups is 4. The van der Waals surface area contributed by atoms with Gasteiger partial charge >= 0.3 is 11.9 Å². The molecular formula is C17H18O6. The number of carboxylic acids is 1. The molecule has 0 spiro atoms. The van der Waals surface area contributed by atoms with Crippen LogP contribution >= 0.6 is 0 Å². The van der Waals surface area contributed by atoms with E-state index in [0.29, 0.717) is 5.56 Å². The second-order valence-corrected chi connectivity index (χ2v) is 5.88. The van der Waals surface area contributed by atoms with Crippen molar-refractivity contribution in [3.05, 3.63) is 35.9 Å². The number of hydrogen-bond donors (Lipinski definition) is 1. The maximum absolute atomic E-state index is 12.3. The molecule has 23 heavy (non-hydrogen) atoms. The number of ketones is 2. The van der Waals surface area contributed by atoms with Gasteiger partial charge in [0.15, 0.2) is 17.0 Å².